The molecule has 1 amide bonds. The predicted molar refractivity (Wildman–Crippen MR) is 74.9 cm³/mol. The van der Waals surface area contributed by atoms with Crippen LogP contribution in [0, 0.1) is 0 Å². The van der Waals surface area contributed by atoms with Crippen LogP contribution in [0.25, 0.3) is 10.6 Å². The number of ether oxygens (including phenoxy) is 1. The molecule has 1 saturated heterocycles. The molecule has 1 unspecified atom stereocenters. The van der Waals surface area contributed by atoms with Crippen LogP contribution in [0.1, 0.15) is 11.0 Å². The van der Waals surface area contributed by atoms with E-state index in [1.54, 1.807) is 18.1 Å². The standard InChI is InChI=1S/C12H10BrN3O2S/c1-16-8(6-18-12(16)17)11-14-5-9(19-11)7-3-2-4-10(13)15-7/h2-5,8H,6H2,1H3. The van der Waals surface area contributed by atoms with Gasteiger partial charge in [-0.1, -0.05) is 6.07 Å². The highest BCUT2D eigenvalue weighted by Crippen LogP contribution is 2.33. The molecule has 0 aliphatic carbocycles. The number of aromatic nitrogens is 2. The summed E-state index contributed by atoms with van der Waals surface area (Å²) in [5.74, 6) is 0. The zero-order chi connectivity index (χ0) is 13.4. The van der Waals surface area contributed by atoms with E-state index in [2.05, 4.69) is 25.9 Å². The van der Waals surface area contributed by atoms with Crippen molar-refractivity contribution in [2.45, 2.75) is 6.04 Å². The molecule has 7 heteroatoms. The lowest BCUT2D eigenvalue weighted by Gasteiger charge is -2.12. The van der Waals surface area contributed by atoms with Crippen LogP contribution in [0.5, 0.6) is 0 Å². The lowest BCUT2D eigenvalue weighted by atomic mass is 10.3. The Morgan fingerprint density at radius 2 is 2.37 bits per heavy atom. The van der Waals surface area contributed by atoms with Crippen molar-refractivity contribution in [1.82, 2.24) is 14.9 Å². The largest absolute Gasteiger partial charge is 0.447 e. The van der Waals surface area contributed by atoms with Gasteiger partial charge in [0.05, 0.1) is 10.6 Å². The molecule has 2 aromatic rings. The number of pyridine rings is 1. The van der Waals surface area contributed by atoms with E-state index in [-0.39, 0.29) is 12.1 Å². The molecule has 0 N–H and O–H groups in total. The molecule has 0 radical (unpaired) electrons. The van der Waals surface area contributed by atoms with Crippen molar-refractivity contribution in [1.29, 1.82) is 0 Å². The first kappa shape index (κ1) is 12.6. The molecule has 3 heterocycles. The number of rotatable bonds is 2. The fourth-order valence-electron chi connectivity index (χ4n) is 1.83. The summed E-state index contributed by atoms with van der Waals surface area (Å²) in [5.41, 5.74) is 0.867. The lowest BCUT2D eigenvalue weighted by Crippen LogP contribution is -2.22. The SMILES string of the molecule is CN1C(=O)OCC1c1ncc(-c2cccc(Br)n2)s1. The molecule has 0 saturated carbocycles. The number of halogens is 1. The Labute approximate surface area is 122 Å². The summed E-state index contributed by atoms with van der Waals surface area (Å²) in [6.45, 7) is 0.355. The molecule has 1 aliphatic heterocycles. The molecule has 19 heavy (non-hydrogen) atoms. The van der Waals surface area contributed by atoms with Gasteiger partial charge in [-0.25, -0.2) is 14.8 Å². The van der Waals surface area contributed by atoms with E-state index in [0.717, 1.165) is 20.2 Å². The zero-order valence-corrected chi connectivity index (χ0v) is 12.4. The van der Waals surface area contributed by atoms with E-state index >= 15 is 0 Å². The van der Waals surface area contributed by atoms with Crippen LogP contribution < -0.4 is 0 Å². The van der Waals surface area contributed by atoms with Gasteiger partial charge in [0.2, 0.25) is 0 Å². The van der Waals surface area contributed by atoms with Crippen LogP contribution in [-0.4, -0.2) is 34.6 Å². The second kappa shape index (κ2) is 4.90. The van der Waals surface area contributed by atoms with E-state index in [4.69, 9.17) is 4.74 Å². The molecule has 0 bridgehead atoms. The molecule has 2 aromatic heterocycles. The Bertz CT molecular complexity index is 631. The van der Waals surface area contributed by atoms with Crippen LogP contribution in [-0.2, 0) is 4.74 Å². The third kappa shape index (κ3) is 2.35. The molecule has 98 valence electrons. The number of carbonyl (C=O) groups excluding carboxylic acids is 1. The first-order valence-corrected chi connectivity index (χ1v) is 7.24. The minimum absolute atomic E-state index is 0.0987. The van der Waals surface area contributed by atoms with Crippen molar-refractivity contribution in [2.24, 2.45) is 0 Å². The van der Waals surface area contributed by atoms with Gasteiger partial charge in [0.1, 0.15) is 22.3 Å². The minimum Gasteiger partial charge on any atom is -0.447 e. The molecule has 1 atom stereocenters. The first-order valence-electron chi connectivity index (χ1n) is 5.63. The van der Waals surface area contributed by atoms with E-state index < -0.39 is 0 Å². The van der Waals surface area contributed by atoms with Gasteiger partial charge in [0.15, 0.2) is 0 Å². The summed E-state index contributed by atoms with van der Waals surface area (Å²) in [5, 5.41) is 0.866. The van der Waals surface area contributed by atoms with Crippen LogP contribution in [0.4, 0.5) is 4.79 Å². The van der Waals surface area contributed by atoms with Crippen molar-refractivity contribution in [3.05, 3.63) is 34.0 Å². The Hall–Kier alpha value is -1.47. The second-order valence-electron chi connectivity index (χ2n) is 4.11. The average molecular weight is 340 g/mol. The van der Waals surface area contributed by atoms with E-state index in [0.29, 0.717) is 6.61 Å². The van der Waals surface area contributed by atoms with Gasteiger partial charge >= 0.3 is 6.09 Å². The summed E-state index contributed by atoms with van der Waals surface area (Å²) < 4.78 is 5.79. The summed E-state index contributed by atoms with van der Waals surface area (Å²) in [4.78, 5) is 22.7. The van der Waals surface area contributed by atoms with Crippen molar-refractivity contribution >= 4 is 33.4 Å². The molecule has 0 aromatic carbocycles. The maximum atomic E-state index is 11.3. The predicted octanol–water partition coefficient (Wildman–Crippen LogP) is 3.09. The summed E-state index contributed by atoms with van der Waals surface area (Å²) in [6.07, 6.45) is 1.48. The van der Waals surface area contributed by atoms with Crippen LogP contribution >= 0.6 is 27.3 Å². The fraction of sp³-hybridized carbons (Fsp3) is 0.250. The van der Waals surface area contributed by atoms with Crippen LogP contribution in [0.15, 0.2) is 29.0 Å². The first-order chi connectivity index (χ1) is 9.15. The van der Waals surface area contributed by atoms with E-state index in [1.165, 1.54) is 11.3 Å². The van der Waals surface area contributed by atoms with Gasteiger partial charge in [-0.05, 0) is 28.1 Å². The highest BCUT2D eigenvalue weighted by molar-refractivity contribution is 9.10. The van der Waals surface area contributed by atoms with Gasteiger partial charge in [0.25, 0.3) is 0 Å². The quantitative estimate of drug-likeness (QED) is 0.789. The van der Waals surface area contributed by atoms with E-state index in [1.807, 2.05) is 18.2 Å². The monoisotopic (exact) mass is 339 g/mol. The molecular formula is C12H10BrN3O2S. The van der Waals surface area contributed by atoms with Gasteiger partial charge in [-0.15, -0.1) is 11.3 Å². The van der Waals surface area contributed by atoms with Crippen molar-refractivity contribution < 1.29 is 9.53 Å². The normalized spacial score (nSPS) is 18.7. The van der Waals surface area contributed by atoms with Gasteiger partial charge in [-0.2, -0.15) is 0 Å². The lowest BCUT2D eigenvalue weighted by molar-refractivity contribution is 0.163. The van der Waals surface area contributed by atoms with Crippen molar-refractivity contribution in [3.63, 3.8) is 0 Å². The second-order valence-corrected chi connectivity index (χ2v) is 5.99. The van der Waals surface area contributed by atoms with Crippen LogP contribution in [0.2, 0.25) is 0 Å². The molecule has 3 rings (SSSR count). The topological polar surface area (TPSA) is 55.3 Å². The number of carbonyl (C=O) groups is 1. The Morgan fingerprint density at radius 3 is 3.05 bits per heavy atom. The Balaban J connectivity index is 1.90. The van der Waals surface area contributed by atoms with Gasteiger partial charge in [0, 0.05) is 13.2 Å². The number of hydrogen-bond donors (Lipinski definition) is 0. The third-order valence-electron chi connectivity index (χ3n) is 2.90. The van der Waals surface area contributed by atoms with Crippen LogP contribution in [0.3, 0.4) is 0 Å². The summed E-state index contributed by atoms with van der Waals surface area (Å²) in [6, 6.07) is 5.64. The summed E-state index contributed by atoms with van der Waals surface area (Å²) in [7, 11) is 1.72. The Kier molecular flexibility index (Phi) is 3.24. The number of thiazole rings is 1. The number of nitrogens with zero attached hydrogens (tertiary/aromatic N) is 3. The molecule has 1 aliphatic rings. The fourth-order valence-corrected chi connectivity index (χ4v) is 3.19. The number of hydrogen-bond acceptors (Lipinski definition) is 5. The third-order valence-corrected chi connectivity index (χ3v) is 4.46. The number of likely N-dealkylation sites (N-methyl/N-ethyl adjacent to an activating group) is 1. The zero-order valence-electron chi connectivity index (χ0n) is 10.0. The van der Waals surface area contributed by atoms with Gasteiger partial charge < -0.3 is 4.74 Å². The molecule has 0 spiro atoms. The van der Waals surface area contributed by atoms with Crippen molar-refractivity contribution in [3.8, 4) is 10.6 Å². The highest BCUT2D eigenvalue weighted by atomic mass is 79.9. The number of cyclic esters (lactones) is 1. The minimum atomic E-state index is -0.303. The Morgan fingerprint density at radius 1 is 1.53 bits per heavy atom. The maximum absolute atomic E-state index is 11.3. The average Bonchev–Trinajstić information content (AvgIpc) is 2.98. The number of amides is 1. The van der Waals surface area contributed by atoms with Gasteiger partial charge in [-0.3, -0.25) is 4.90 Å². The van der Waals surface area contributed by atoms with Crippen molar-refractivity contribution in [2.75, 3.05) is 13.7 Å². The molecular weight excluding hydrogens is 330 g/mol. The highest BCUT2D eigenvalue weighted by Gasteiger charge is 2.33. The smallest absolute Gasteiger partial charge is 0.410 e. The maximum Gasteiger partial charge on any atom is 0.410 e. The summed E-state index contributed by atoms with van der Waals surface area (Å²) >= 11 is 4.88. The molecule has 1 fully saturated rings. The van der Waals surface area contributed by atoms with E-state index in [9.17, 15) is 4.79 Å². The molecule has 5 nitrogen and oxygen atoms in total.